The van der Waals surface area contributed by atoms with E-state index in [0.717, 1.165) is 126 Å². The Hall–Kier alpha value is -12.7. The Labute approximate surface area is 862 Å². The maximum atomic E-state index is 13.5. The summed E-state index contributed by atoms with van der Waals surface area (Å²) in [4.78, 5) is 73.0. The summed E-state index contributed by atoms with van der Waals surface area (Å²) in [5.41, 5.74) is 17.9. The van der Waals surface area contributed by atoms with Crippen LogP contribution in [0.3, 0.4) is 0 Å². The van der Waals surface area contributed by atoms with Gasteiger partial charge in [-0.3, -0.25) is 34.1 Å². The second-order valence-electron chi connectivity index (χ2n) is 36.6. The van der Waals surface area contributed by atoms with Crippen LogP contribution in [0.4, 0.5) is 52.7 Å². The zero-order valence-corrected chi connectivity index (χ0v) is 84.8. The van der Waals surface area contributed by atoms with Gasteiger partial charge in [0.2, 0.25) is 0 Å². The number of pyridine rings is 4. The molecule has 147 heavy (non-hydrogen) atoms. The van der Waals surface area contributed by atoms with Crippen LogP contribution in [0.2, 0.25) is 5.02 Å². The fourth-order valence-corrected chi connectivity index (χ4v) is 17.2. The van der Waals surface area contributed by atoms with Crippen LogP contribution in [0.1, 0.15) is 179 Å². The molecule has 0 aliphatic carbocycles. The molecule has 8 aromatic heterocycles. The average molecular weight is 2140 g/mol. The zero-order chi connectivity index (χ0) is 106. The molecule has 7 aromatic carbocycles. The molecule has 38 heteroatoms. The Bertz CT molecular complexity index is 6890. The van der Waals surface area contributed by atoms with Gasteiger partial charge in [0, 0.05) is 210 Å². The summed E-state index contributed by atoms with van der Waals surface area (Å²) < 4.78 is 200. The first-order chi connectivity index (χ1) is 69.8. The van der Waals surface area contributed by atoms with Crippen LogP contribution in [0, 0.1) is 23.3 Å². The predicted octanol–water partition coefficient (Wildman–Crippen LogP) is 25.0. The molecule has 0 unspecified atom stereocenters. The van der Waals surface area contributed by atoms with E-state index >= 15 is 0 Å². The van der Waals surface area contributed by atoms with Crippen LogP contribution in [-0.4, -0.2) is 175 Å². The normalized spacial score (nSPS) is 16.3. The van der Waals surface area contributed by atoms with Crippen LogP contribution in [0.5, 0.6) is 0 Å². The Morgan fingerprint density at radius 3 is 1.10 bits per heavy atom. The van der Waals surface area contributed by atoms with Crippen molar-refractivity contribution in [3.05, 3.63) is 297 Å². The second-order valence-corrected chi connectivity index (χ2v) is 37.8. The number of carbonyl (C=O) groups excluding carboxylic acids is 4. The van der Waals surface area contributed by atoms with Gasteiger partial charge < -0.3 is 62.4 Å². The number of aromatic nitrogens is 4. The van der Waals surface area contributed by atoms with E-state index in [4.69, 9.17) is 55.7 Å². The van der Waals surface area contributed by atoms with E-state index in [1.54, 1.807) is 85.8 Å². The SMILES string of the molecule is CCc1cc2cc(-c3ccc(C(=O)N4CCC(F)(F)CC4)cn3)cc(-c3ccc(F)cc3)c2o1.CCc1cc2cc(-c3ccc(C(=O)N4CCC(F)(F)CC4)cn3)cc(Cl)c2o1.CCc1cc2cc(B3OC(C)(C)C(C)(C)O3)ccc2o1.Cl.NCc1cc2cc(-c3ccc(C(=O)N4CCC(F)(F)CC4)cn3)cc(-c3ccc(F)cc3)c2o1.O=C(c1ccc(Br)nc1)N1CCC(F)(F)CC1.OB(O)c1ccc(F)cc1F.[2H]CC. The molecule has 0 saturated carbocycles. The molecule has 4 N–H and O–H groups in total. The highest BCUT2D eigenvalue weighted by atomic mass is 79.9. The number of nitrogens with zero attached hydrogens (tertiary/aromatic N) is 8. The molecule has 13 heterocycles. The third-order valence-electron chi connectivity index (χ3n) is 25.9. The minimum Gasteiger partial charge on any atom is -0.461 e. The lowest BCUT2D eigenvalue weighted by atomic mass is 9.79. The van der Waals surface area contributed by atoms with Crippen molar-refractivity contribution in [1.29, 1.82) is 0 Å². The first-order valence-corrected chi connectivity index (χ1v) is 48.8. The minimum absolute atomic E-state index is 0. The average Bonchev–Trinajstić information content (AvgIpc) is 1.61. The summed E-state index contributed by atoms with van der Waals surface area (Å²) in [7, 11) is -2.21. The zero-order valence-electron chi connectivity index (χ0n) is 82.6. The molecule has 0 spiro atoms. The van der Waals surface area contributed by atoms with Crippen LogP contribution in [-0.2, 0) is 35.1 Å². The third-order valence-corrected chi connectivity index (χ3v) is 26.6. The van der Waals surface area contributed by atoms with Crippen molar-refractivity contribution in [2.24, 2.45) is 5.73 Å². The molecule has 15 aromatic rings. The van der Waals surface area contributed by atoms with Gasteiger partial charge in [0.1, 0.15) is 67.7 Å². The first kappa shape index (κ1) is 110. The van der Waals surface area contributed by atoms with Gasteiger partial charge in [0.05, 0.1) is 62.1 Å². The van der Waals surface area contributed by atoms with E-state index in [0.29, 0.717) is 78.9 Å². The van der Waals surface area contributed by atoms with Gasteiger partial charge in [0.25, 0.3) is 47.3 Å². The van der Waals surface area contributed by atoms with E-state index in [1.165, 1.54) is 68.7 Å². The molecule has 0 atom stereocenters. The number of carbonyl (C=O) groups is 4. The standard InChI is InChI=1S/C27H23F3N2O2.C26H22F3N3O2.C21H19ClF2N2O2.C16H21BO3.C11H11BrF2N2O.C6H5BF2O2.C2H6.ClH/c1-2-22-14-20-13-19(15-23(25(20)34-22)17-3-6-21(28)7-4-17)24-8-5-18(16-31-24)26(33)32-11-9-27(29,30)10-12-32;27-20-4-1-16(2-5-20)22-13-18(11-19-12-21(14-30)34-24(19)22)23-6-3-17(15-31-23)25(33)32-9-7-26(28,29)8-10-32;1-2-16-10-15-9-14(11-17(22)19(15)28-16)18-4-3-13(12-25-18)20(27)26-7-5-21(23,24)6-8-26;1-6-13-10-11-9-12(7-8-14(11)18-13)17-19-15(2,3)16(4,5)20-17;12-9-2-1-8(7-15-9)10(17)16-5-3-11(13,14)4-6-16;8-4-1-2-5(7(10)11)6(9)3-4;1-2;/h3-8,13-16H,2,9-12H2,1H3;1-6,11-13,15H,7-10,14,30H2;3-4,9-12H,2,5-8H2,1H3;7-10H,6H2,1-5H3;1-2,7H,3-6H2;1-3,10-11H;1-2H3;1H/i;;;;;;1D;. The summed E-state index contributed by atoms with van der Waals surface area (Å²) in [5, 5.41) is 21.2. The van der Waals surface area contributed by atoms with Crippen LogP contribution in [0.15, 0.2) is 241 Å². The summed E-state index contributed by atoms with van der Waals surface area (Å²) >= 11 is 9.52. The van der Waals surface area contributed by atoms with Crippen molar-refractivity contribution in [1.82, 2.24) is 39.5 Å². The van der Waals surface area contributed by atoms with E-state index in [-0.39, 0.29) is 182 Å². The van der Waals surface area contributed by atoms with Crippen molar-refractivity contribution in [2.45, 2.75) is 174 Å². The van der Waals surface area contributed by atoms with Gasteiger partial charge in [-0.05, 0) is 206 Å². The number of fused-ring (bicyclic) bond motifs is 4. The van der Waals surface area contributed by atoms with Crippen molar-refractivity contribution in [3.8, 4) is 56.0 Å². The number of halogens is 15. The smallest absolute Gasteiger partial charge is 0.461 e. The van der Waals surface area contributed by atoms with Crippen LogP contribution >= 0.6 is 39.9 Å². The molecular formula is C109H108B2BrCl2F12N9O12. The van der Waals surface area contributed by atoms with Gasteiger partial charge in [0.15, 0.2) is 5.58 Å². The number of aryl methyl sites for hydroxylation is 3. The van der Waals surface area contributed by atoms with Gasteiger partial charge in [-0.1, -0.05) is 88.7 Å². The molecule has 0 bridgehead atoms. The molecule has 0 radical (unpaired) electrons. The largest absolute Gasteiger partial charge is 0.494 e. The lowest BCUT2D eigenvalue weighted by Crippen LogP contribution is -2.42. The number of piperidine rings is 4. The summed E-state index contributed by atoms with van der Waals surface area (Å²) in [6.07, 6.45) is 5.88. The quantitative estimate of drug-likeness (QED) is 0.0489. The fraction of sp³-hybridized carbons (Fsp3) is 0.321. The number of furan rings is 4. The maximum absolute atomic E-state index is 13.5. The molecule has 21 nitrogen and oxygen atoms in total. The van der Waals surface area contributed by atoms with Gasteiger partial charge in [-0.15, -0.1) is 12.4 Å². The molecular weight excluding hydrogens is 2030 g/mol. The lowest BCUT2D eigenvalue weighted by Gasteiger charge is -2.32. The number of hydrogen-bond acceptors (Lipinski definition) is 17. The Morgan fingerprint density at radius 1 is 0.422 bits per heavy atom. The molecule has 4 amide bonds. The minimum atomic E-state index is -2.71. The summed E-state index contributed by atoms with van der Waals surface area (Å²) in [5.74, 6) is -10.9. The van der Waals surface area contributed by atoms with Crippen molar-refractivity contribution >= 4 is 133 Å². The number of alkyl halides is 8. The topological polar surface area (TPSA) is 270 Å². The van der Waals surface area contributed by atoms with E-state index in [1.807, 2.05) is 74.5 Å². The predicted molar refractivity (Wildman–Crippen MR) is 549 cm³/mol. The first-order valence-electron chi connectivity index (χ1n) is 48.3. The number of benzene rings is 7. The molecule has 772 valence electrons. The number of nitrogens with two attached hydrogens (primary N) is 1. The highest BCUT2D eigenvalue weighted by Gasteiger charge is 2.52. The third kappa shape index (κ3) is 27.7. The van der Waals surface area contributed by atoms with Gasteiger partial charge >= 0.3 is 14.2 Å². The van der Waals surface area contributed by atoms with E-state index < -0.39 is 42.4 Å². The Kier molecular flexibility index (Phi) is 35.7. The Morgan fingerprint density at radius 2 is 0.755 bits per heavy atom. The molecule has 20 rings (SSSR count). The van der Waals surface area contributed by atoms with E-state index in [9.17, 15) is 71.9 Å². The van der Waals surface area contributed by atoms with E-state index in [2.05, 4.69) is 82.6 Å². The lowest BCUT2D eigenvalue weighted by molar-refractivity contribution is -0.0503. The highest BCUT2D eigenvalue weighted by molar-refractivity contribution is 9.10. The molecule has 5 fully saturated rings. The molecule has 5 saturated heterocycles. The van der Waals surface area contributed by atoms with Crippen molar-refractivity contribution in [2.75, 3.05) is 52.4 Å². The number of amides is 4. The van der Waals surface area contributed by atoms with Gasteiger partial charge in [-0.2, -0.15) is 0 Å². The Balaban J connectivity index is 0.000000152. The highest BCUT2D eigenvalue weighted by Crippen LogP contribution is 2.43. The van der Waals surface area contributed by atoms with Crippen molar-refractivity contribution < 1.29 is 110 Å². The van der Waals surface area contributed by atoms with Crippen molar-refractivity contribution in [3.63, 3.8) is 0 Å². The number of rotatable bonds is 15. The molecule has 5 aliphatic heterocycles. The number of likely N-dealkylation sites (tertiary alicyclic amines) is 4. The fourth-order valence-electron chi connectivity index (χ4n) is 16.7. The second kappa shape index (κ2) is 47.7. The van der Waals surface area contributed by atoms with Crippen LogP contribution < -0.4 is 16.7 Å². The molecule has 5 aliphatic rings. The summed E-state index contributed by atoms with van der Waals surface area (Å²) in [6.45, 7) is 17.3. The van der Waals surface area contributed by atoms with Gasteiger partial charge in [-0.25, -0.2) is 57.7 Å². The monoisotopic (exact) mass is 2130 g/mol. The maximum Gasteiger partial charge on any atom is 0.494 e. The number of hydrogen-bond donors (Lipinski definition) is 3. The van der Waals surface area contributed by atoms with Crippen LogP contribution in [0.25, 0.3) is 99.9 Å². The summed E-state index contributed by atoms with van der Waals surface area (Å²) in [6, 6.07) is 53.8.